The first kappa shape index (κ1) is 11.5. The Balaban J connectivity index is 3.34. The Morgan fingerprint density at radius 3 is 2.67 bits per heavy atom. The standard InChI is InChI=1S/C10H12FNO3/c1-5-2-3-7(11)8(9(5)13)6(4-12)10(14)15/h2-3,6,13H,4,12H2,1H3,(H,14,15). The van der Waals surface area contributed by atoms with Gasteiger partial charge in [-0.25, -0.2) is 4.39 Å². The lowest BCUT2D eigenvalue weighted by Gasteiger charge is -2.14. The van der Waals surface area contributed by atoms with Gasteiger partial charge in [-0.15, -0.1) is 0 Å². The average Bonchev–Trinajstić information content (AvgIpc) is 2.18. The first-order valence-electron chi connectivity index (χ1n) is 4.39. The number of carboxylic acid groups (broad SMARTS) is 1. The number of phenolic OH excluding ortho intramolecular Hbond substituents is 1. The van der Waals surface area contributed by atoms with Gasteiger partial charge in [0.05, 0.1) is 0 Å². The summed E-state index contributed by atoms with van der Waals surface area (Å²) in [4.78, 5) is 10.8. The van der Waals surface area contributed by atoms with Crippen LogP contribution in [0.15, 0.2) is 12.1 Å². The highest BCUT2D eigenvalue weighted by molar-refractivity contribution is 5.77. The smallest absolute Gasteiger partial charge is 0.312 e. The van der Waals surface area contributed by atoms with Crippen LogP contribution in [0.2, 0.25) is 0 Å². The molecule has 0 aliphatic carbocycles. The lowest BCUT2D eigenvalue weighted by Crippen LogP contribution is -2.22. The molecule has 1 rings (SSSR count). The molecule has 0 heterocycles. The van der Waals surface area contributed by atoms with E-state index in [1.807, 2.05) is 0 Å². The van der Waals surface area contributed by atoms with E-state index in [0.29, 0.717) is 5.56 Å². The molecule has 0 aliphatic rings. The molecule has 0 saturated heterocycles. The highest BCUT2D eigenvalue weighted by Crippen LogP contribution is 2.31. The Bertz CT molecular complexity index is 392. The molecule has 15 heavy (non-hydrogen) atoms. The summed E-state index contributed by atoms with van der Waals surface area (Å²) in [5.74, 6) is -3.56. The van der Waals surface area contributed by atoms with Crippen molar-refractivity contribution in [3.05, 3.63) is 29.1 Å². The quantitative estimate of drug-likeness (QED) is 0.698. The van der Waals surface area contributed by atoms with Gasteiger partial charge in [0.25, 0.3) is 0 Å². The van der Waals surface area contributed by atoms with Gasteiger partial charge in [0, 0.05) is 12.1 Å². The SMILES string of the molecule is Cc1ccc(F)c(C(CN)C(=O)O)c1O. The van der Waals surface area contributed by atoms with E-state index >= 15 is 0 Å². The van der Waals surface area contributed by atoms with Gasteiger partial charge in [-0.3, -0.25) is 4.79 Å². The van der Waals surface area contributed by atoms with E-state index in [4.69, 9.17) is 10.8 Å². The van der Waals surface area contributed by atoms with E-state index in [1.54, 1.807) is 6.92 Å². The molecule has 4 N–H and O–H groups in total. The lowest BCUT2D eigenvalue weighted by molar-refractivity contribution is -0.138. The molecular formula is C10H12FNO3. The molecule has 0 aromatic heterocycles. The van der Waals surface area contributed by atoms with Gasteiger partial charge in [0.15, 0.2) is 0 Å². The maximum Gasteiger partial charge on any atom is 0.312 e. The number of aryl methyl sites for hydroxylation is 1. The van der Waals surface area contributed by atoms with Crippen molar-refractivity contribution in [3.63, 3.8) is 0 Å². The molecule has 0 fully saturated rings. The maximum atomic E-state index is 13.3. The molecule has 5 heteroatoms. The Morgan fingerprint density at radius 1 is 1.60 bits per heavy atom. The molecule has 1 atom stereocenters. The van der Waals surface area contributed by atoms with Gasteiger partial charge < -0.3 is 15.9 Å². The minimum atomic E-state index is -1.25. The van der Waals surface area contributed by atoms with Crippen LogP contribution in [0.3, 0.4) is 0 Å². The second-order valence-corrected chi connectivity index (χ2v) is 3.25. The monoisotopic (exact) mass is 213 g/mol. The van der Waals surface area contributed by atoms with Crippen LogP contribution in [0.4, 0.5) is 4.39 Å². The topological polar surface area (TPSA) is 83.6 Å². The number of benzene rings is 1. The Kier molecular flexibility index (Phi) is 3.26. The predicted octanol–water partition coefficient (Wildman–Crippen LogP) is 0.967. The van der Waals surface area contributed by atoms with Crippen molar-refractivity contribution in [1.82, 2.24) is 0 Å². The number of carboxylic acids is 1. The molecule has 82 valence electrons. The van der Waals surface area contributed by atoms with Crippen molar-refractivity contribution in [2.45, 2.75) is 12.8 Å². The summed E-state index contributed by atoms with van der Waals surface area (Å²) < 4.78 is 13.3. The fourth-order valence-electron chi connectivity index (χ4n) is 1.37. The van der Waals surface area contributed by atoms with Crippen LogP contribution in [0.5, 0.6) is 5.75 Å². The minimum Gasteiger partial charge on any atom is -0.507 e. The van der Waals surface area contributed by atoms with Crippen LogP contribution >= 0.6 is 0 Å². The molecule has 1 aromatic carbocycles. The summed E-state index contributed by atoms with van der Waals surface area (Å²) in [7, 11) is 0. The molecule has 0 radical (unpaired) electrons. The number of rotatable bonds is 3. The lowest BCUT2D eigenvalue weighted by atomic mass is 9.95. The van der Waals surface area contributed by atoms with Crippen LogP contribution in [0.25, 0.3) is 0 Å². The predicted molar refractivity (Wildman–Crippen MR) is 52.2 cm³/mol. The van der Waals surface area contributed by atoms with Crippen molar-refractivity contribution >= 4 is 5.97 Å². The third-order valence-corrected chi connectivity index (χ3v) is 2.25. The van der Waals surface area contributed by atoms with E-state index in [0.717, 1.165) is 6.07 Å². The molecule has 0 saturated carbocycles. The van der Waals surface area contributed by atoms with Crippen molar-refractivity contribution in [2.24, 2.45) is 5.73 Å². The Hall–Kier alpha value is -1.62. The summed E-state index contributed by atoms with van der Waals surface area (Å²) in [6.45, 7) is 1.30. The van der Waals surface area contributed by atoms with Gasteiger partial charge in [0.2, 0.25) is 0 Å². The zero-order valence-corrected chi connectivity index (χ0v) is 8.20. The maximum absolute atomic E-state index is 13.3. The van der Waals surface area contributed by atoms with Crippen molar-refractivity contribution in [1.29, 1.82) is 0 Å². The molecule has 0 aliphatic heterocycles. The molecular weight excluding hydrogens is 201 g/mol. The summed E-state index contributed by atoms with van der Waals surface area (Å²) in [5, 5.41) is 18.4. The molecule has 1 unspecified atom stereocenters. The van der Waals surface area contributed by atoms with E-state index in [9.17, 15) is 14.3 Å². The van der Waals surface area contributed by atoms with Crippen LogP contribution in [-0.2, 0) is 4.79 Å². The second kappa shape index (κ2) is 4.27. The van der Waals surface area contributed by atoms with Crippen LogP contribution in [0, 0.1) is 12.7 Å². The van der Waals surface area contributed by atoms with Gasteiger partial charge in [0.1, 0.15) is 17.5 Å². The summed E-state index contributed by atoms with van der Waals surface area (Å²) in [6, 6.07) is 2.50. The average molecular weight is 213 g/mol. The largest absolute Gasteiger partial charge is 0.507 e. The van der Waals surface area contributed by atoms with E-state index in [-0.39, 0.29) is 17.9 Å². The number of carbonyl (C=O) groups is 1. The van der Waals surface area contributed by atoms with Crippen LogP contribution in [-0.4, -0.2) is 22.7 Å². The van der Waals surface area contributed by atoms with Crippen molar-refractivity contribution in [2.75, 3.05) is 6.54 Å². The summed E-state index contributed by atoms with van der Waals surface area (Å²) >= 11 is 0. The highest BCUT2D eigenvalue weighted by Gasteiger charge is 2.25. The third kappa shape index (κ3) is 2.07. The molecule has 0 spiro atoms. The van der Waals surface area contributed by atoms with Gasteiger partial charge in [-0.05, 0) is 18.6 Å². The molecule has 1 aromatic rings. The first-order chi connectivity index (χ1) is 6.99. The fraction of sp³-hybridized carbons (Fsp3) is 0.300. The van der Waals surface area contributed by atoms with Gasteiger partial charge in [-0.1, -0.05) is 6.07 Å². The molecule has 4 nitrogen and oxygen atoms in total. The fourth-order valence-corrected chi connectivity index (χ4v) is 1.37. The minimum absolute atomic E-state index is 0.245. The Labute approximate surface area is 86.1 Å². The number of nitrogens with two attached hydrogens (primary N) is 1. The number of hydrogen-bond donors (Lipinski definition) is 3. The number of hydrogen-bond acceptors (Lipinski definition) is 3. The zero-order chi connectivity index (χ0) is 11.6. The summed E-state index contributed by atoms with van der Waals surface area (Å²) in [5.41, 5.74) is 5.41. The third-order valence-electron chi connectivity index (χ3n) is 2.25. The number of halogens is 1. The Morgan fingerprint density at radius 2 is 2.20 bits per heavy atom. The van der Waals surface area contributed by atoms with Gasteiger partial charge in [-0.2, -0.15) is 0 Å². The van der Waals surface area contributed by atoms with Gasteiger partial charge >= 0.3 is 5.97 Å². The number of aliphatic carboxylic acids is 1. The van der Waals surface area contributed by atoms with E-state index in [1.165, 1.54) is 6.07 Å². The van der Waals surface area contributed by atoms with Crippen molar-refractivity contribution in [3.8, 4) is 5.75 Å². The van der Waals surface area contributed by atoms with E-state index in [2.05, 4.69) is 0 Å². The summed E-state index contributed by atoms with van der Waals surface area (Å²) in [6.07, 6.45) is 0. The first-order valence-corrected chi connectivity index (χ1v) is 4.39. The van der Waals surface area contributed by atoms with Crippen LogP contribution < -0.4 is 5.73 Å². The van der Waals surface area contributed by atoms with Crippen LogP contribution in [0.1, 0.15) is 17.0 Å². The van der Waals surface area contributed by atoms with E-state index < -0.39 is 17.7 Å². The number of aromatic hydroxyl groups is 1. The van der Waals surface area contributed by atoms with Crippen molar-refractivity contribution < 1.29 is 19.4 Å². The number of phenols is 1. The molecule has 0 bridgehead atoms. The zero-order valence-electron chi connectivity index (χ0n) is 8.20. The molecule has 0 amide bonds. The highest BCUT2D eigenvalue weighted by atomic mass is 19.1. The normalized spacial score (nSPS) is 12.5. The second-order valence-electron chi connectivity index (χ2n) is 3.25.